The van der Waals surface area contributed by atoms with Gasteiger partial charge in [-0.1, -0.05) is 245 Å². The molecule has 0 fully saturated rings. The first-order chi connectivity index (χ1) is 19.3. The van der Waals surface area contributed by atoms with Crippen molar-refractivity contribution >= 4 is 0 Å². The molecule has 0 saturated carbocycles. The Morgan fingerprint density at radius 3 is 0.590 bits per heavy atom. The lowest BCUT2D eigenvalue weighted by Crippen LogP contribution is -2.01. The van der Waals surface area contributed by atoms with Crippen molar-refractivity contribution in [3.05, 3.63) is 0 Å². The monoisotopic (exact) mass is 549 g/mol. The standard InChI is InChI=1S/C39H80/c1-4-7-10-12-14-16-18-20-21-22-24-26-28-30-32-35-38-39(36-33-9-6-3)37-34-31-29-27-25-23-19-17-15-13-11-8-5-2/h39H,4-38H2,1-3H3. The summed E-state index contributed by atoms with van der Waals surface area (Å²) in [5.41, 5.74) is 0. The molecule has 0 heterocycles. The molecule has 0 amide bonds. The van der Waals surface area contributed by atoms with E-state index in [9.17, 15) is 0 Å². The van der Waals surface area contributed by atoms with Crippen LogP contribution in [0.4, 0.5) is 0 Å². The van der Waals surface area contributed by atoms with Crippen molar-refractivity contribution in [1.29, 1.82) is 0 Å². The molecule has 0 bridgehead atoms. The lowest BCUT2D eigenvalue weighted by Gasteiger charge is -2.17. The molecular formula is C39H80. The van der Waals surface area contributed by atoms with Gasteiger partial charge in [0, 0.05) is 0 Å². The molecule has 0 aromatic carbocycles. The number of rotatable bonds is 35. The normalized spacial score (nSPS) is 12.4. The van der Waals surface area contributed by atoms with Crippen LogP contribution >= 0.6 is 0 Å². The Labute approximate surface area is 251 Å². The topological polar surface area (TPSA) is 0 Å². The third-order valence-corrected chi connectivity index (χ3v) is 9.40. The van der Waals surface area contributed by atoms with Crippen molar-refractivity contribution in [3.63, 3.8) is 0 Å². The van der Waals surface area contributed by atoms with E-state index in [4.69, 9.17) is 0 Å². The average molecular weight is 549 g/mol. The van der Waals surface area contributed by atoms with Crippen molar-refractivity contribution in [1.82, 2.24) is 0 Å². The molecule has 0 radical (unpaired) electrons. The molecule has 0 nitrogen and oxygen atoms in total. The van der Waals surface area contributed by atoms with Crippen LogP contribution in [0, 0.1) is 5.92 Å². The Morgan fingerprint density at radius 2 is 0.359 bits per heavy atom. The summed E-state index contributed by atoms with van der Waals surface area (Å²) in [6, 6.07) is 0. The van der Waals surface area contributed by atoms with Gasteiger partial charge in [-0.15, -0.1) is 0 Å². The Morgan fingerprint density at radius 1 is 0.205 bits per heavy atom. The van der Waals surface area contributed by atoms with Gasteiger partial charge in [0.25, 0.3) is 0 Å². The minimum Gasteiger partial charge on any atom is -0.0654 e. The van der Waals surface area contributed by atoms with Gasteiger partial charge in [-0.2, -0.15) is 0 Å². The highest BCUT2D eigenvalue weighted by molar-refractivity contribution is 4.62. The molecule has 0 aliphatic heterocycles. The summed E-state index contributed by atoms with van der Waals surface area (Å²) in [4.78, 5) is 0. The summed E-state index contributed by atoms with van der Waals surface area (Å²) in [5, 5.41) is 0. The predicted octanol–water partition coefficient (Wildman–Crippen LogP) is 15.3. The molecular weight excluding hydrogens is 468 g/mol. The van der Waals surface area contributed by atoms with Gasteiger partial charge in [-0.25, -0.2) is 0 Å². The number of hydrogen-bond acceptors (Lipinski definition) is 0. The first-order valence-electron chi connectivity index (χ1n) is 19.3. The smallest absolute Gasteiger partial charge is 0.0414 e. The molecule has 1 unspecified atom stereocenters. The Kier molecular flexibility index (Phi) is 36.0. The zero-order valence-corrected chi connectivity index (χ0v) is 28.3. The maximum absolute atomic E-state index is 2.36. The molecule has 0 aliphatic rings. The fraction of sp³-hybridized carbons (Fsp3) is 1.00. The van der Waals surface area contributed by atoms with Gasteiger partial charge in [0.2, 0.25) is 0 Å². The second-order valence-electron chi connectivity index (χ2n) is 13.5. The Hall–Kier alpha value is 0. The molecule has 0 aromatic heterocycles. The second-order valence-corrected chi connectivity index (χ2v) is 13.5. The van der Waals surface area contributed by atoms with Gasteiger partial charge in [0.05, 0.1) is 0 Å². The zero-order chi connectivity index (χ0) is 28.3. The molecule has 0 saturated heterocycles. The van der Waals surface area contributed by atoms with Crippen molar-refractivity contribution < 1.29 is 0 Å². The fourth-order valence-electron chi connectivity index (χ4n) is 6.55. The maximum atomic E-state index is 2.36. The van der Waals surface area contributed by atoms with Crippen molar-refractivity contribution in [2.75, 3.05) is 0 Å². The van der Waals surface area contributed by atoms with Crippen molar-refractivity contribution in [2.24, 2.45) is 5.92 Å². The van der Waals surface area contributed by atoms with E-state index in [0.29, 0.717) is 0 Å². The average Bonchev–Trinajstić information content (AvgIpc) is 2.95. The quantitative estimate of drug-likeness (QED) is 0.0691. The van der Waals surface area contributed by atoms with Gasteiger partial charge in [0.15, 0.2) is 0 Å². The minimum atomic E-state index is 1.04. The number of hydrogen-bond donors (Lipinski definition) is 0. The second kappa shape index (κ2) is 36.0. The van der Waals surface area contributed by atoms with Crippen LogP contribution in [0.3, 0.4) is 0 Å². The first kappa shape index (κ1) is 39.0. The van der Waals surface area contributed by atoms with E-state index in [1.54, 1.807) is 0 Å². The highest BCUT2D eigenvalue weighted by Gasteiger charge is 2.08. The number of unbranched alkanes of at least 4 members (excludes halogenated alkanes) is 29. The van der Waals surface area contributed by atoms with E-state index in [0.717, 1.165) is 5.92 Å². The van der Waals surface area contributed by atoms with E-state index in [1.807, 2.05) is 0 Å². The van der Waals surface area contributed by atoms with Gasteiger partial charge in [0.1, 0.15) is 0 Å². The van der Waals surface area contributed by atoms with Gasteiger partial charge in [-0.3, -0.25) is 0 Å². The largest absolute Gasteiger partial charge is 0.0654 e. The van der Waals surface area contributed by atoms with Crippen molar-refractivity contribution in [2.45, 2.75) is 245 Å². The zero-order valence-electron chi connectivity index (χ0n) is 28.3. The van der Waals surface area contributed by atoms with Crippen LogP contribution in [0.2, 0.25) is 0 Å². The fourth-order valence-corrected chi connectivity index (χ4v) is 6.55. The van der Waals surface area contributed by atoms with Gasteiger partial charge in [-0.05, 0) is 5.92 Å². The van der Waals surface area contributed by atoms with Crippen LogP contribution in [0.5, 0.6) is 0 Å². The SMILES string of the molecule is CCCCCCCCCCCCCCCCCCC(CCCCC)CCCCCCCCCCCCCCC. The van der Waals surface area contributed by atoms with Crippen LogP contribution in [-0.2, 0) is 0 Å². The summed E-state index contributed by atoms with van der Waals surface area (Å²) < 4.78 is 0. The summed E-state index contributed by atoms with van der Waals surface area (Å²) >= 11 is 0. The lowest BCUT2D eigenvalue weighted by atomic mass is 9.89. The summed E-state index contributed by atoms with van der Waals surface area (Å²) in [7, 11) is 0. The third kappa shape index (κ3) is 34.1. The first-order valence-corrected chi connectivity index (χ1v) is 19.3. The Bertz CT molecular complexity index is 399. The molecule has 0 aromatic rings. The summed E-state index contributed by atoms with van der Waals surface area (Å²) in [6.45, 7) is 6.98. The minimum absolute atomic E-state index is 1.04. The highest BCUT2D eigenvalue weighted by Crippen LogP contribution is 2.24. The van der Waals surface area contributed by atoms with E-state index in [2.05, 4.69) is 20.8 Å². The molecule has 39 heavy (non-hydrogen) atoms. The summed E-state index contributed by atoms with van der Waals surface area (Å²) in [5.74, 6) is 1.04. The van der Waals surface area contributed by atoms with Crippen molar-refractivity contribution in [3.8, 4) is 0 Å². The Balaban J connectivity index is 3.54. The van der Waals surface area contributed by atoms with E-state index >= 15 is 0 Å². The predicted molar refractivity (Wildman–Crippen MR) is 182 cm³/mol. The molecule has 0 heteroatoms. The molecule has 0 aliphatic carbocycles. The van der Waals surface area contributed by atoms with E-state index in [1.165, 1.54) is 225 Å². The third-order valence-electron chi connectivity index (χ3n) is 9.40. The van der Waals surface area contributed by atoms with Crippen LogP contribution < -0.4 is 0 Å². The van der Waals surface area contributed by atoms with Gasteiger partial charge < -0.3 is 0 Å². The van der Waals surface area contributed by atoms with Crippen LogP contribution in [-0.4, -0.2) is 0 Å². The van der Waals surface area contributed by atoms with Crippen LogP contribution in [0.15, 0.2) is 0 Å². The maximum Gasteiger partial charge on any atom is -0.0414 e. The molecule has 0 N–H and O–H groups in total. The molecule has 0 spiro atoms. The van der Waals surface area contributed by atoms with Crippen LogP contribution in [0.1, 0.15) is 245 Å². The molecule has 236 valence electrons. The van der Waals surface area contributed by atoms with Crippen LogP contribution in [0.25, 0.3) is 0 Å². The van der Waals surface area contributed by atoms with Gasteiger partial charge >= 0.3 is 0 Å². The molecule has 0 rings (SSSR count). The van der Waals surface area contributed by atoms with E-state index < -0.39 is 0 Å². The molecule has 1 atom stereocenters. The summed E-state index contributed by atoms with van der Waals surface area (Å²) in [6.07, 6.45) is 51.8. The lowest BCUT2D eigenvalue weighted by molar-refractivity contribution is 0.367. The van der Waals surface area contributed by atoms with E-state index in [-0.39, 0.29) is 0 Å². The highest BCUT2D eigenvalue weighted by atomic mass is 14.1.